The van der Waals surface area contributed by atoms with Gasteiger partial charge in [0.2, 0.25) is 16.0 Å². The van der Waals surface area contributed by atoms with E-state index >= 15 is 0 Å². The molecule has 0 bridgehead atoms. The second-order valence-corrected chi connectivity index (χ2v) is 9.34. The fourth-order valence-corrected chi connectivity index (χ4v) is 4.56. The van der Waals surface area contributed by atoms with Crippen molar-refractivity contribution >= 4 is 20.9 Å². The number of sulfonamides is 1. The molecule has 4 rings (SSSR count). The van der Waals surface area contributed by atoms with E-state index in [1.807, 2.05) is 0 Å². The molecular formula is C22H17F5N4O2S. The van der Waals surface area contributed by atoms with Gasteiger partial charge < -0.3 is 4.57 Å². The van der Waals surface area contributed by atoms with Crippen molar-refractivity contribution in [3.05, 3.63) is 72.2 Å². The molecule has 0 aliphatic rings. The maximum absolute atomic E-state index is 14.2. The first kappa shape index (κ1) is 23.8. The Hall–Kier alpha value is -3.38. The Kier molecular flexibility index (Phi) is 5.90. The van der Waals surface area contributed by atoms with Crippen LogP contribution in [0.3, 0.4) is 0 Å². The summed E-state index contributed by atoms with van der Waals surface area (Å²) < 4.78 is 94.2. The Morgan fingerprint density at radius 1 is 1.03 bits per heavy atom. The number of aromatic nitrogens is 3. The number of benzene rings is 1. The number of rotatable bonds is 5. The molecular weight excluding hydrogens is 479 g/mol. The number of nitrogens with zero attached hydrogens (tertiary/aromatic N) is 3. The van der Waals surface area contributed by atoms with Gasteiger partial charge in [-0.15, -0.1) is 0 Å². The number of hydrogen-bond donors (Lipinski definition) is 1. The van der Waals surface area contributed by atoms with Crippen LogP contribution in [0.5, 0.6) is 0 Å². The molecule has 0 aliphatic carbocycles. The number of pyridine rings is 2. The van der Waals surface area contributed by atoms with Crippen LogP contribution in [0.1, 0.15) is 12.5 Å². The van der Waals surface area contributed by atoms with Crippen molar-refractivity contribution in [3.8, 4) is 17.1 Å². The molecule has 178 valence electrons. The Balaban J connectivity index is 1.82. The van der Waals surface area contributed by atoms with Crippen LogP contribution in [0, 0.1) is 18.7 Å². The zero-order valence-electron chi connectivity index (χ0n) is 17.7. The first-order chi connectivity index (χ1) is 15.9. The number of halogens is 5. The fourth-order valence-electron chi connectivity index (χ4n) is 3.39. The lowest BCUT2D eigenvalue weighted by Gasteiger charge is -2.17. The van der Waals surface area contributed by atoms with Gasteiger partial charge in [-0.2, -0.15) is 22.3 Å². The topological polar surface area (TPSA) is 76.9 Å². The number of hydrogen-bond acceptors (Lipinski definition) is 4. The lowest BCUT2D eigenvalue weighted by atomic mass is 10.1. The molecule has 12 heteroatoms. The number of fused-ring (bicyclic) bond motifs is 1. The van der Waals surface area contributed by atoms with Crippen LogP contribution < -0.4 is 4.72 Å². The predicted molar refractivity (Wildman–Crippen MR) is 115 cm³/mol. The highest BCUT2D eigenvalue weighted by Crippen LogP contribution is 2.32. The van der Waals surface area contributed by atoms with Gasteiger partial charge in [0.25, 0.3) is 0 Å². The highest BCUT2D eigenvalue weighted by Gasteiger charge is 2.39. The van der Waals surface area contributed by atoms with Gasteiger partial charge in [-0.1, -0.05) is 0 Å². The molecule has 0 aliphatic heterocycles. The van der Waals surface area contributed by atoms with Crippen molar-refractivity contribution in [2.45, 2.75) is 31.0 Å². The van der Waals surface area contributed by atoms with Gasteiger partial charge >= 0.3 is 6.18 Å². The van der Waals surface area contributed by atoms with E-state index in [-0.39, 0.29) is 5.69 Å². The van der Waals surface area contributed by atoms with Crippen LogP contribution in [0.25, 0.3) is 28.0 Å². The van der Waals surface area contributed by atoms with Crippen molar-refractivity contribution in [1.82, 2.24) is 19.3 Å². The summed E-state index contributed by atoms with van der Waals surface area (Å²) in [4.78, 5) is 7.18. The van der Waals surface area contributed by atoms with E-state index in [1.165, 1.54) is 30.5 Å². The molecule has 0 fully saturated rings. The fraction of sp³-hybridized carbons (Fsp3) is 0.182. The molecule has 34 heavy (non-hydrogen) atoms. The first-order valence-electron chi connectivity index (χ1n) is 9.86. The second-order valence-electron chi connectivity index (χ2n) is 7.63. The normalized spacial score (nSPS) is 13.4. The lowest BCUT2D eigenvalue weighted by Crippen LogP contribution is -2.42. The number of nitrogens with one attached hydrogen (secondary N) is 1. The molecule has 1 N–H and O–H groups in total. The van der Waals surface area contributed by atoms with Crippen molar-refractivity contribution in [2.24, 2.45) is 0 Å². The van der Waals surface area contributed by atoms with Crippen molar-refractivity contribution < 1.29 is 30.4 Å². The van der Waals surface area contributed by atoms with Crippen LogP contribution in [0.15, 0.2) is 59.8 Å². The molecule has 3 aromatic heterocycles. The Bertz CT molecular complexity index is 1480. The molecule has 0 saturated heterocycles. The standard InChI is InChI=1S/C22H17F5N4O2S/c1-12-7-19-14(8-17(12)23)9-20(31(19)15-5-6-28-21(24)10-15)18-4-3-16(11-29-18)34(32,33)30-13(2)22(25,26)27/h3-11,13,30H,1-2H3/t13-/m0/s1. The molecule has 1 aromatic carbocycles. The van der Waals surface area contributed by atoms with Gasteiger partial charge in [0, 0.05) is 23.8 Å². The minimum absolute atomic E-state index is 0.231. The third-order valence-corrected chi connectivity index (χ3v) is 6.71. The Morgan fingerprint density at radius 2 is 1.76 bits per heavy atom. The molecule has 1 atom stereocenters. The van der Waals surface area contributed by atoms with Crippen LogP contribution in [-0.2, 0) is 10.0 Å². The molecule has 3 heterocycles. The highest BCUT2D eigenvalue weighted by molar-refractivity contribution is 7.89. The Morgan fingerprint density at radius 3 is 2.38 bits per heavy atom. The average molecular weight is 496 g/mol. The summed E-state index contributed by atoms with van der Waals surface area (Å²) in [5.41, 5.74) is 1.87. The minimum Gasteiger partial charge on any atom is -0.307 e. The summed E-state index contributed by atoms with van der Waals surface area (Å²) in [5, 5.41) is 0.481. The summed E-state index contributed by atoms with van der Waals surface area (Å²) in [6.07, 6.45) is -2.58. The predicted octanol–water partition coefficient (Wildman–Crippen LogP) is 4.90. The zero-order chi connectivity index (χ0) is 24.8. The summed E-state index contributed by atoms with van der Waals surface area (Å²) in [7, 11) is -4.49. The Labute approximate surface area is 191 Å². The largest absolute Gasteiger partial charge is 0.404 e. The number of aryl methyl sites for hydroxylation is 1. The monoisotopic (exact) mass is 496 g/mol. The van der Waals surface area contributed by atoms with E-state index in [0.29, 0.717) is 34.8 Å². The van der Waals surface area contributed by atoms with Crippen LogP contribution in [-0.4, -0.2) is 35.2 Å². The first-order valence-corrected chi connectivity index (χ1v) is 11.3. The molecule has 0 saturated carbocycles. The molecule has 6 nitrogen and oxygen atoms in total. The molecule has 0 amide bonds. The van der Waals surface area contributed by atoms with E-state index in [4.69, 9.17) is 0 Å². The van der Waals surface area contributed by atoms with Gasteiger partial charge in [0.05, 0.1) is 22.6 Å². The van der Waals surface area contributed by atoms with Crippen molar-refractivity contribution in [2.75, 3.05) is 0 Å². The average Bonchev–Trinajstić information content (AvgIpc) is 3.11. The summed E-state index contributed by atoms with van der Waals surface area (Å²) in [5.74, 6) is -1.19. The molecule has 0 radical (unpaired) electrons. The van der Waals surface area contributed by atoms with Gasteiger partial charge in [-0.25, -0.2) is 17.8 Å². The van der Waals surface area contributed by atoms with Crippen LogP contribution in [0.2, 0.25) is 0 Å². The second kappa shape index (κ2) is 8.44. The van der Waals surface area contributed by atoms with E-state index in [9.17, 15) is 30.4 Å². The van der Waals surface area contributed by atoms with Gasteiger partial charge in [-0.05, 0) is 55.8 Å². The maximum Gasteiger partial charge on any atom is 0.404 e. The zero-order valence-corrected chi connectivity index (χ0v) is 18.5. The van der Waals surface area contributed by atoms with Crippen LogP contribution in [0.4, 0.5) is 22.0 Å². The SMILES string of the molecule is Cc1cc2c(cc1F)cc(-c1ccc(S(=O)(=O)N[C@@H](C)C(F)(F)F)cn1)n2-c1ccnc(F)c1. The highest BCUT2D eigenvalue weighted by atomic mass is 32.2. The van der Waals surface area contributed by atoms with Gasteiger partial charge in [-0.3, -0.25) is 4.98 Å². The van der Waals surface area contributed by atoms with Gasteiger partial charge in [0.15, 0.2) is 0 Å². The van der Waals surface area contributed by atoms with Gasteiger partial charge in [0.1, 0.15) is 16.8 Å². The van der Waals surface area contributed by atoms with E-state index in [1.54, 1.807) is 28.3 Å². The van der Waals surface area contributed by atoms with Crippen molar-refractivity contribution in [3.63, 3.8) is 0 Å². The van der Waals surface area contributed by atoms with Crippen molar-refractivity contribution in [1.29, 1.82) is 0 Å². The summed E-state index contributed by atoms with van der Waals surface area (Å²) >= 11 is 0. The summed E-state index contributed by atoms with van der Waals surface area (Å²) in [6, 6.07) is 7.30. The van der Waals surface area contributed by atoms with E-state index in [0.717, 1.165) is 12.3 Å². The third kappa shape index (κ3) is 4.50. The molecule has 4 aromatic rings. The molecule has 0 unspecified atom stereocenters. The maximum atomic E-state index is 14.2. The van der Waals surface area contributed by atoms with E-state index < -0.39 is 38.9 Å². The van der Waals surface area contributed by atoms with E-state index in [2.05, 4.69) is 9.97 Å². The molecule has 0 spiro atoms. The third-order valence-electron chi connectivity index (χ3n) is 5.18. The van der Waals surface area contributed by atoms with Crippen LogP contribution >= 0.6 is 0 Å². The number of alkyl halides is 3. The summed E-state index contributed by atoms with van der Waals surface area (Å²) in [6.45, 7) is 2.26. The lowest BCUT2D eigenvalue weighted by molar-refractivity contribution is -0.147. The smallest absolute Gasteiger partial charge is 0.307 e. The quantitative estimate of drug-likeness (QED) is 0.315. The minimum atomic E-state index is -4.76.